The van der Waals surface area contributed by atoms with Crippen LogP contribution in [0.4, 0.5) is 0 Å². The van der Waals surface area contributed by atoms with E-state index in [9.17, 15) is 4.79 Å². The largest absolute Gasteiger partial charge is 0.310 e. The summed E-state index contributed by atoms with van der Waals surface area (Å²) >= 11 is 0. The normalized spacial score (nSPS) is 22.1. The number of hydrogen-bond donors (Lipinski definition) is 1. The highest BCUT2D eigenvalue weighted by molar-refractivity contribution is 5.08. The minimum absolute atomic E-state index is 0.0412. The zero-order valence-electron chi connectivity index (χ0n) is 12.3. The second kappa shape index (κ2) is 5.84. The van der Waals surface area contributed by atoms with E-state index in [4.69, 9.17) is 0 Å². The highest BCUT2D eigenvalue weighted by atomic mass is 16.1. The van der Waals surface area contributed by atoms with Crippen LogP contribution in [-0.4, -0.2) is 59.5 Å². The van der Waals surface area contributed by atoms with E-state index in [0.717, 1.165) is 37.6 Å². The number of piperazine rings is 1. The zero-order chi connectivity index (χ0) is 14.0. The van der Waals surface area contributed by atoms with Crippen molar-refractivity contribution in [2.45, 2.75) is 32.2 Å². The number of hydrogen-bond acceptors (Lipinski definition) is 4. The molecule has 0 spiro atoms. The molecule has 0 aromatic carbocycles. The molecule has 0 saturated carbocycles. The maximum absolute atomic E-state index is 11.7. The van der Waals surface area contributed by atoms with Crippen LogP contribution in [0.3, 0.4) is 0 Å². The summed E-state index contributed by atoms with van der Waals surface area (Å²) < 4.78 is 0. The number of rotatable bonds is 3. The SMILES string of the molecule is CC(C)c1cc(=O)[nH]c(CC2CN(C)CCN2C)n1. The highest BCUT2D eigenvalue weighted by Crippen LogP contribution is 2.12. The topological polar surface area (TPSA) is 52.2 Å². The molecular weight excluding hydrogens is 240 g/mol. The zero-order valence-corrected chi connectivity index (χ0v) is 12.3. The van der Waals surface area contributed by atoms with E-state index in [1.807, 2.05) is 0 Å². The van der Waals surface area contributed by atoms with Gasteiger partial charge in [-0.05, 0) is 20.0 Å². The molecule has 19 heavy (non-hydrogen) atoms. The summed E-state index contributed by atoms with van der Waals surface area (Å²) in [5, 5.41) is 0. The van der Waals surface area contributed by atoms with E-state index in [2.05, 4.69) is 47.7 Å². The molecule has 1 aromatic heterocycles. The molecule has 2 rings (SSSR count). The van der Waals surface area contributed by atoms with E-state index in [1.54, 1.807) is 6.07 Å². The summed E-state index contributed by atoms with van der Waals surface area (Å²) in [4.78, 5) is 23.8. The number of aromatic amines is 1. The van der Waals surface area contributed by atoms with Crippen LogP contribution in [0.1, 0.15) is 31.3 Å². The molecule has 1 saturated heterocycles. The third-order valence-electron chi connectivity index (χ3n) is 3.81. The van der Waals surface area contributed by atoms with Gasteiger partial charge in [-0.25, -0.2) is 4.98 Å². The summed E-state index contributed by atoms with van der Waals surface area (Å²) in [5.74, 6) is 1.09. The molecular formula is C14H24N4O. The predicted octanol–water partition coefficient (Wildman–Crippen LogP) is 0.682. The lowest BCUT2D eigenvalue weighted by atomic mass is 10.1. The van der Waals surface area contributed by atoms with Crippen molar-refractivity contribution in [2.75, 3.05) is 33.7 Å². The molecule has 5 heteroatoms. The first-order valence-electron chi connectivity index (χ1n) is 6.94. The molecule has 1 atom stereocenters. The van der Waals surface area contributed by atoms with E-state index in [0.29, 0.717) is 6.04 Å². The number of likely N-dealkylation sites (N-methyl/N-ethyl adjacent to an activating group) is 2. The molecule has 1 aliphatic heterocycles. The van der Waals surface area contributed by atoms with Crippen LogP contribution >= 0.6 is 0 Å². The summed E-state index contributed by atoms with van der Waals surface area (Å²) in [6.45, 7) is 7.31. The van der Waals surface area contributed by atoms with E-state index >= 15 is 0 Å². The first-order chi connectivity index (χ1) is 8.95. The van der Waals surface area contributed by atoms with Crippen LogP contribution in [-0.2, 0) is 6.42 Å². The minimum Gasteiger partial charge on any atom is -0.310 e. The first-order valence-corrected chi connectivity index (χ1v) is 6.94. The van der Waals surface area contributed by atoms with Gasteiger partial charge in [0.2, 0.25) is 0 Å². The number of nitrogens with one attached hydrogen (secondary N) is 1. The second-order valence-corrected chi connectivity index (χ2v) is 5.87. The van der Waals surface area contributed by atoms with Gasteiger partial charge in [0.1, 0.15) is 5.82 Å². The maximum atomic E-state index is 11.7. The minimum atomic E-state index is -0.0412. The third kappa shape index (κ3) is 3.64. The first kappa shape index (κ1) is 14.2. The predicted molar refractivity (Wildman–Crippen MR) is 76.6 cm³/mol. The quantitative estimate of drug-likeness (QED) is 0.872. The van der Waals surface area contributed by atoms with Gasteiger partial charge in [0.25, 0.3) is 5.56 Å². The Kier molecular flexibility index (Phi) is 4.37. The average Bonchev–Trinajstić information content (AvgIpc) is 2.33. The molecule has 0 radical (unpaired) electrons. The fourth-order valence-corrected chi connectivity index (χ4v) is 2.47. The Balaban J connectivity index is 2.16. The lowest BCUT2D eigenvalue weighted by Crippen LogP contribution is -2.51. The molecule has 0 bridgehead atoms. The van der Waals surface area contributed by atoms with Crippen LogP contribution in [0.5, 0.6) is 0 Å². The van der Waals surface area contributed by atoms with Gasteiger partial charge < -0.3 is 14.8 Å². The van der Waals surface area contributed by atoms with Crippen molar-refractivity contribution in [1.29, 1.82) is 0 Å². The standard InChI is InChI=1S/C14H24N4O/c1-10(2)12-8-14(19)16-13(15-12)7-11-9-17(3)5-6-18(11)4/h8,10-11H,5-7,9H2,1-4H3,(H,15,16,19). The Hall–Kier alpha value is -1.20. The van der Waals surface area contributed by atoms with Crippen molar-refractivity contribution >= 4 is 0 Å². The van der Waals surface area contributed by atoms with Crippen molar-refractivity contribution < 1.29 is 0 Å². The van der Waals surface area contributed by atoms with Gasteiger partial charge in [-0.3, -0.25) is 4.79 Å². The second-order valence-electron chi connectivity index (χ2n) is 5.87. The monoisotopic (exact) mass is 264 g/mol. The molecule has 106 valence electrons. The van der Waals surface area contributed by atoms with Gasteiger partial charge in [-0.1, -0.05) is 13.8 Å². The van der Waals surface area contributed by atoms with E-state index in [1.165, 1.54) is 0 Å². The van der Waals surface area contributed by atoms with Crippen LogP contribution < -0.4 is 5.56 Å². The van der Waals surface area contributed by atoms with E-state index in [-0.39, 0.29) is 11.5 Å². The maximum Gasteiger partial charge on any atom is 0.251 e. The van der Waals surface area contributed by atoms with Crippen molar-refractivity contribution in [1.82, 2.24) is 19.8 Å². The average molecular weight is 264 g/mol. The van der Waals surface area contributed by atoms with Gasteiger partial charge >= 0.3 is 0 Å². The van der Waals surface area contributed by atoms with E-state index < -0.39 is 0 Å². The fraction of sp³-hybridized carbons (Fsp3) is 0.714. The molecule has 1 aliphatic rings. The molecule has 1 N–H and O–H groups in total. The van der Waals surface area contributed by atoms with Crippen LogP contribution in [0, 0.1) is 0 Å². The highest BCUT2D eigenvalue weighted by Gasteiger charge is 2.23. The lowest BCUT2D eigenvalue weighted by Gasteiger charge is -2.37. The van der Waals surface area contributed by atoms with Crippen LogP contribution in [0.15, 0.2) is 10.9 Å². The van der Waals surface area contributed by atoms with Crippen LogP contribution in [0.25, 0.3) is 0 Å². The van der Waals surface area contributed by atoms with Crippen molar-refractivity contribution in [2.24, 2.45) is 0 Å². The molecule has 1 fully saturated rings. The summed E-state index contributed by atoms with van der Waals surface area (Å²) in [6, 6.07) is 2.02. The lowest BCUT2D eigenvalue weighted by molar-refractivity contribution is 0.113. The molecule has 2 heterocycles. The smallest absolute Gasteiger partial charge is 0.251 e. The van der Waals surface area contributed by atoms with Gasteiger partial charge in [-0.15, -0.1) is 0 Å². The molecule has 0 aliphatic carbocycles. The number of aromatic nitrogens is 2. The fourth-order valence-electron chi connectivity index (χ4n) is 2.47. The number of nitrogens with zero attached hydrogens (tertiary/aromatic N) is 3. The summed E-state index contributed by atoms with van der Waals surface area (Å²) in [7, 11) is 4.28. The van der Waals surface area contributed by atoms with Gasteiger partial charge in [0.15, 0.2) is 0 Å². The Morgan fingerprint density at radius 3 is 2.84 bits per heavy atom. The molecule has 0 amide bonds. The number of H-pyrrole nitrogens is 1. The Morgan fingerprint density at radius 1 is 1.42 bits per heavy atom. The molecule has 1 unspecified atom stereocenters. The molecule has 1 aromatic rings. The summed E-state index contributed by atoms with van der Waals surface area (Å²) in [5.41, 5.74) is 0.839. The van der Waals surface area contributed by atoms with Gasteiger partial charge in [-0.2, -0.15) is 0 Å². The van der Waals surface area contributed by atoms with Gasteiger partial charge in [0, 0.05) is 38.2 Å². The van der Waals surface area contributed by atoms with Crippen molar-refractivity contribution in [3.63, 3.8) is 0 Å². The Bertz CT molecular complexity index is 483. The Morgan fingerprint density at radius 2 is 2.16 bits per heavy atom. The summed E-state index contributed by atoms with van der Waals surface area (Å²) in [6.07, 6.45) is 0.802. The van der Waals surface area contributed by atoms with Gasteiger partial charge in [0.05, 0.1) is 5.69 Å². The van der Waals surface area contributed by atoms with Crippen molar-refractivity contribution in [3.8, 4) is 0 Å². The third-order valence-corrected chi connectivity index (χ3v) is 3.81. The Labute approximate surface area is 114 Å². The van der Waals surface area contributed by atoms with Crippen LogP contribution in [0.2, 0.25) is 0 Å². The van der Waals surface area contributed by atoms with Crippen molar-refractivity contribution in [3.05, 3.63) is 27.9 Å². The molecule has 5 nitrogen and oxygen atoms in total.